The van der Waals surface area contributed by atoms with E-state index in [0.717, 1.165) is 25.6 Å². The molecule has 2 saturated heterocycles. The number of carboxylic acid groups (broad SMARTS) is 1. The maximum Gasteiger partial charge on any atom is 0.307 e. The number of carbonyl (C=O) groups is 1. The summed E-state index contributed by atoms with van der Waals surface area (Å²) in [6.45, 7) is 7.05. The Morgan fingerprint density at radius 3 is 2.81 bits per heavy atom. The van der Waals surface area contributed by atoms with Gasteiger partial charge in [-0.25, -0.2) is 0 Å². The van der Waals surface area contributed by atoms with E-state index in [0.29, 0.717) is 6.04 Å². The first-order valence-corrected chi connectivity index (χ1v) is 6.30. The highest BCUT2D eigenvalue weighted by atomic mass is 16.4. The lowest BCUT2D eigenvalue weighted by molar-refractivity contribution is -0.143. The molecule has 0 bridgehead atoms. The number of likely N-dealkylation sites (tertiary alicyclic amines) is 1. The van der Waals surface area contributed by atoms with E-state index in [-0.39, 0.29) is 12.0 Å². The average molecular weight is 226 g/mol. The highest BCUT2D eigenvalue weighted by molar-refractivity contribution is 5.70. The number of nitrogens with zero attached hydrogens (tertiary/aromatic N) is 1. The summed E-state index contributed by atoms with van der Waals surface area (Å²) in [6, 6.07) is 0.738. The first-order chi connectivity index (χ1) is 7.59. The van der Waals surface area contributed by atoms with Gasteiger partial charge in [0, 0.05) is 25.2 Å². The van der Waals surface area contributed by atoms with Gasteiger partial charge in [-0.3, -0.25) is 9.69 Å². The molecule has 92 valence electrons. The Bertz CT molecular complexity index is 256. The maximum absolute atomic E-state index is 11.0. The van der Waals surface area contributed by atoms with Gasteiger partial charge in [0.25, 0.3) is 0 Å². The number of nitrogens with one attached hydrogen (secondary N) is 1. The fourth-order valence-corrected chi connectivity index (χ4v) is 2.94. The summed E-state index contributed by atoms with van der Waals surface area (Å²) >= 11 is 0. The smallest absolute Gasteiger partial charge is 0.307 e. The lowest BCUT2D eigenvalue weighted by Crippen LogP contribution is -2.42. The lowest BCUT2D eigenvalue weighted by Gasteiger charge is -2.27. The van der Waals surface area contributed by atoms with Gasteiger partial charge >= 0.3 is 5.97 Å². The molecule has 0 aromatic carbocycles. The zero-order valence-corrected chi connectivity index (χ0v) is 10.1. The number of rotatable bonds is 3. The van der Waals surface area contributed by atoms with Gasteiger partial charge in [0.1, 0.15) is 0 Å². The molecule has 0 radical (unpaired) electrons. The largest absolute Gasteiger partial charge is 0.481 e. The van der Waals surface area contributed by atoms with Gasteiger partial charge in [0.15, 0.2) is 0 Å². The van der Waals surface area contributed by atoms with Crippen molar-refractivity contribution in [2.75, 3.05) is 19.6 Å². The molecule has 0 aliphatic carbocycles. The van der Waals surface area contributed by atoms with E-state index in [1.54, 1.807) is 0 Å². The third-order valence-corrected chi connectivity index (χ3v) is 4.32. The van der Waals surface area contributed by atoms with Crippen LogP contribution >= 0.6 is 0 Å². The van der Waals surface area contributed by atoms with E-state index in [2.05, 4.69) is 10.2 Å². The van der Waals surface area contributed by atoms with Crippen LogP contribution in [-0.2, 0) is 4.79 Å². The van der Waals surface area contributed by atoms with Crippen molar-refractivity contribution in [2.24, 2.45) is 11.8 Å². The molecule has 2 aliphatic heterocycles. The second-order valence-electron chi connectivity index (χ2n) is 5.28. The predicted octanol–water partition coefficient (Wildman–Crippen LogP) is 0.779. The summed E-state index contributed by atoms with van der Waals surface area (Å²) in [7, 11) is 0. The van der Waals surface area contributed by atoms with Crippen molar-refractivity contribution in [1.82, 2.24) is 10.2 Å². The first kappa shape index (κ1) is 11.9. The Kier molecular flexibility index (Phi) is 3.50. The van der Waals surface area contributed by atoms with Gasteiger partial charge in [-0.15, -0.1) is 0 Å². The second-order valence-corrected chi connectivity index (χ2v) is 5.28. The molecule has 2 fully saturated rings. The van der Waals surface area contributed by atoms with Gasteiger partial charge in [0.05, 0.1) is 5.92 Å². The molecule has 0 aromatic heterocycles. The number of piperidine rings is 1. The van der Waals surface area contributed by atoms with Crippen LogP contribution in [0.3, 0.4) is 0 Å². The van der Waals surface area contributed by atoms with Gasteiger partial charge in [0.2, 0.25) is 0 Å². The molecule has 2 rings (SSSR count). The molecule has 2 heterocycles. The Labute approximate surface area is 97.0 Å². The number of hydrogen-bond donors (Lipinski definition) is 2. The van der Waals surface area contributed by atoms with Crippen LogP contribution in [0.2, 0.25) is 0 Å². The summed E-state index contributed by atoms with van der Waals surface area (Å²) < 4.78 is 0. The van der Waals surface area contributed by atoms with Crippen molar-refractivity contribution in [3.63, 3.8) is 0 Å². The minimum atomic E-state index is -0.685. The van der Waals surface area contributed by atoms with Gasteiger partial charge in [-0.1, -0.05) is 6.92 Å². The molecule has 4 nitrogen and oxygen atoms in total. The van der Waals surface area contributed by atoms with Gasteiger partial charge < -0.3 is 10.4 Å². The van der Waals surface area contributed by atoms with Crippen molar-refractivity contribution in [1.29, 1.82) is 0 Å². The van der Waals surface area contributed by atoms with Gasteiger partial charge in [-0.2, -0.15) is 0 Å². The van der Waals surface area contributed by atoms with E-state index in [4.69, 9.17) is 5.11 Å². The van der Waals surface area contributed by atoms with E-state index < -0.39 is 5.97 Å². The van der Waals surface area contributed by atoms with Crippen LogP contribution in [0.25, 0.3) is 0 Å². The summed E-state index contributed by atoms with van der Waals surface area (Å²) in [6.07, 6.45) is 2.56. The Morgan fingerprint density at radius 1 is 1.44 bits per heavy atom. The molecule has 4 unspecified atom stereocenters. The molecule has 2 N–H and O–H groups in total. The van der Waals surface area contributed by atoms with E-state index >= 15 is 0 Å². The van der Waals surface area contributed by atoms with Crippen molar-refractivity contribution in [3.05, 3.63) is 0 Å². The summed E-state index contributed by atoms with van der Waals surface area (Å²) in [5.41, 5.74) is 0. The van der Waals surface area contributed by atoms with Crippen LogP contribution in [0.4, 0.5) is 0 Å². The van der Waals surface area contributed by atoms with Crippen LogP contribution in [0, 0.1) is 11.8 Å². The fraction of sp³-hybridized carbons (Fsp3) is 0.917. The lowest BCUT2D eigenvalue weighted by atomic mass is 9.94. The van der Waals surface area contributed by atoms with Crippen LogP contribution in [-0.4, -0.2) is 47.7 Å². The van der Waals surface area contributed by atoms with Crippen LogP contribution < -0.4 is 5.32 Å². The third-order valence-electron chi connectivity index (χ3n) is 4.32. The second kappa shape index (κ2) is 4.72. The minimum Gasteiger partial charge on any atom is -0.481 e. The predicted molar refractivity (Wildman–Crippen MR) is 62.3 cm³/mol. The highest BCUT2D eigenvalue weighted by Crippen LogP contribution is 2.27. The van der Waals surface area contributed by atoms with Crippen molar-refractivity contribution >= 4 is 5.97 Å². The minimum absolute atomic E-state index is 0.143. The number of carboxylic acids is 1. The topological polar surface area (TPSA) is 52.6 Å². The summed E-state index contributed by atoms with van der Waals surface area (Å²) in [5.74, 6) is -0.229. The Hall–Kier alpha value is -0.610. The zero-order valence-electron chi connectivity index (χ0n) is 10.1. The van der Waals surface area contributed by atoms with Crippen molar-refractivity contribution in [2.45, 2.75) is 38.8 Å². The normalized spacial score (nSPS) is 34.4. The summed E-state index contributed by atoms with van der Waals surface area (Å²) in [4.78, 5) is 13.3. The van der Waals surface area contributed by atoms with Gasteiger partial charge in [-0.05, 0) is 32.2 Å². The average Bonchev–Trinajstić information content (AvgIpc) is 2.70. The molecular formula is C12H22N2O2. The molecule has 4 atom stereocenters. The quantitative estimate of drug-likeness (QED) is 0.746. The summed E-state index contributed by atoms with van der Waals surface area (Å²) in [5, 5.41) is 12.6. The fourth-order valence-electron chi connectivity index (χ4n) is 2.94. The molecule has 2 aliphatic rings. The first-order valence-electron chi connectivity index (χ1n) is 6.30. The van der Waals surface area contributed by atoms with Crippen LogP contribution in [0.15, 0.2) is 0 Å². The Morgan fingerprint density at radius 2 is 2.19 bits per heavy atom. The molecule has 0 spiro atoms. The molecule has 4 heteroatoms. The molecule has 16 heavy (non-hydrogen) atoms. The van der Waals surface area contributed by atoms with E-state index in [9.17, 15) is 4.79 Å². The maximum atomic E-state index is 11.0. The van der Waals surface area contributed by atoms with Crippen molar-refractivity contribution < 1.29 is 9.90 Å². The SMILES string of the molecule is CC(C(=O)O)C(C)N1CC2CCCNC2C1. The molecule has 0 amide bonds. The highest BCUT2D eigenvalue weighted by Gasteiger charge is 2.38. The molecule has 0 saturated carbocycles. The van der Waals surface area contributed by atoms with Crippen molar-refractivity contribution in [3.8, 4) is 0 Å². The van der Waals surface area contributed by atoms with Crippen LogP contribution in [0.5, 0.6) is 0 Å². The monoisotopic (exact) mass is 226 g/mol. The van der Waals surface area contributed by atoms with E-state index in [1.807, 2.05) is 13.8 Å². The molecule has 0 aromatic rings. The van der Waals surface area contributed by atoms with E-state index in [1.165, 1.54) is 12.8 Å². The Balaban J connectivity index is 1.94. The van der Waals surface area contributed by atoms with Crippen LogP contribution in [0.1, 0.15) is 26.7 Å². The molecular weight excluding hydrogens is 204 g/mol. The zero-order chi connectivity index (χ0) is 11.7. The standard InChI is InChI=1S/C12H22N2O2/c1-8(12(15)16)9(2)14-6-10-4-3-5-13-11(10)7-14/h8-11,13H,3-7H2,1-2H3,(H,15,16). The third kappa shape index (κ3) is 2.23. The number of aliphatic carboxylic acids is 1. The number of hydrogen-bond acceptors (Lipinski definition) is 3. The number of fused-ring (bicyclic) bond motifs is 1.